The van der Waals surface area contributed by atoms with E-state index in [0.717, 1.165) is 11.1 Å². The standard InChI is InChI=1S/C25H26N4O4/c1-3-33-23(31)20-14-21-22(30)28(16-19-12-8-5-9-13-19)25(2,17-29(21)27-20)24(32)26-15-18-10-6-4-7-11-18/h4-14H,3,15-17H2,1-2H3,(H,26,32)/t25-/m0/s1. The Bertz CT molecular complexity index is 1160. The zero-order valence-electron chi connectivity index (χ0n) is 18.7. The molecule has 0 aliphatic carbocycles. The molecule has 1 aliphatic heterocycles. The van der Waals surface area contributed by atoms with Gasteiger partial charge >= 0.3 is 5.97 Å². The van der Waals surface area contributed by atoms with Gasteiger partial charge in [0.15, 0.2) is 5.69 Å². The van der Waals surface area contributed by atoms with Gasteiger partial charge in [-0.1, -0.05) is 60.7 Å². The average molecular weight is 447 g/mol. The van der Waals surface area contributed by atoms with Crippen molar-refractivity contribution in [1.29, 1.82) is 0 Å². The lowest BCUT2D eigenvalue weighted by molar-refractivity contribution is -0.133. The molecule has 8 nitrogen and oxygen atoms in total. The van der Waals surface area contributed by atoms with E-state index in [1.165, 1.54) is 10.7 Å². The van der Waals surface area contributed by atoms with Crippen molar-refractivity contribution in [2.24, 2.45) is 0 Å². The van der Waals surface area contributed by atoms with Crippen LogP contribution in [0.25, 0.3) is 0 Å². The van der Waals surface area contributed by atoms with Crippen LogP contribution in [0.1, 0.15) is 46.0 Å². The summed E-state index contributed by atoms with van der Waals surface area (Å²) in [5, 5.41) is 7.23. The Morgan fingerprint density at radius 3 is 2.33 bits per heavy atom. The lowest BCUT2D eigenvalue weighted by atomic mass is 9.94. The van der Waals surface area contributed by atoms with Gasteiger partial charge in [0.2, 0.25) is 5.91 Å². The number of aromatic nitrogens is 2. The molecule has 3 aromatic rings. The van der Waals surface area contributed by atoms with E-state index in [1.54, 1.807) is 18.7 Å². The van der Waals surface area contributed by atoms with Crippen molar-refractivity contribution in [3.8, 4) is 0 Å². The number of nitrogens with one attached hydrogen (secondary N) is 1. The Hall–Kier alpha value is -3.94. The summed E-state index contributed by atoms with van der Waals surface area (Å²) in [6.07, 6.45) is 0. The summed E-state index contributed by atoms with van der Waals surface area (Å²) in [5.74, 6) is -1.27. The van der Waals surface area contributed by atoms with Gasteiger partial charge in [0.25, 0.3) is 5.91 Å². The smallest absolute Gasteiger partial charge is 0.358 e. The second-order valence-corrected chi connectivity index (χ2v) is 8.11. The van der Waals surface area contributed by atoms with E-state index >= 15 is 0 Å². The first-order valence-corrected chi connectivity index (χ1v) is 10.9. The molecule has 0 saturated heterocycles. The van der Waals surface area contributed by atoms with Crippen LogP contribution in [-0.2, 0) is 29.2 Å². The highest BCUT2D eigenvalue weighted by Gasteiger charge is 2.48. The van der Waals surface area contributed by atoms with Crippen molar-refractivity contribution >= 4 is 17.8 Å². The number of ether oxygens (including phenoxy) is 1. The van der Waals surface area contributed by atoms with Crippen LogP contribution >= 0.6 is 0 Å². The highest BCUT2D eigenvalue weighted by atomic mass is 16.5. The molecule has 2 heterocycles. The van der Waals surface area contributed by atoms with Crippen LogP contribution in [0.2, 0.25) is 0 Å². The second-order valence-electron chi connectivity index (χ2n) is 8.11. The molecule has 8 heteroatoms. The number of benzene rings is 2. The van der Waals surface area contributed by atoms with E-state index in [9.17, 15) is 14.4 Å². The monoisotopic (exact) mass is 446 g/mol. The first-order chi connectivity index (χ1) is 15.9. The summed E-state index contributed by atoms with van der Waals surface area (Å²) in [6, 6.07) is 20.5. The summed E-state index contributed by atoms with van der Waals surface area (Å²) in [7, 11) is 0. The van der Waals surface area contributed by atoms with Gasteiger partial charge in [-0.05, 0) is 25.0 Å². The van der Waals surface area contributed by atoms with E-state index in [2.05, 4.69) is 10.4 Å². The number of hydrogen-bond donors (Lipinski definition) is 1. The van der Waals surface area contributed by atoms with E-state index in [1.807, 2.05) is 60.7 Å². The Balaban J connectivity index is 1.66. The number of esters is 1. The normalized spacial score (nSPS) is 17.4. The summed E-state index contributed by atoms with van der Waals surface area (Å²) in [6.45, 7) is 4.32. The van der Waals surface area contributed by atoms with Crippen molar-refractivity contribution < 1.29 is 19.1 Å². The summed E-state index contributed by atoms with van der Waals surface area (Å²) in [4.78, 5) is 40.7. The minimum Gasteiger partial charge on any atom is -0.461 e. The fourth-order valence-electron chi connectivity index (χ4n) is 3.93. The maximum absolute atomic E-state index is 13.5. The molecule has 1 aromatic heterocycles. The zero-order chi connectivity index (χ0) is 23.4. The predicted octanol–water partition coefficient (Wildman–Crippen LogP) is 2.79. The maximum Gasteiger partial charge on any atom is 0.358 e. The molecule has 2 amide bonds. The van der Waals surface area contributed by atoms with Gasteiger partial charge in [-0.2, -0.15) is 5.10 Å². The molecular formula is C25H26N4O4. The quantitative estimate of drug-likeness (QED) is 0.564. The SMILES string of the molecule is CCOC(=O)c1cc2n(n1)C[C@@](C)(C(=O)NCc1ccccc1)N(Cc1ccccc1)C2=O. The van der Waals surface area contributed by atoms with E-state index < -0.39 is 11.5 Å². The summed E-state index contributed by atoms with van der Waals surface area (Å²) in [5.41, 5.74) is 0.936. The molecule has 0 radical (unpaired) electrons. The molecule has 4 rings (SSSR count). The third-order valence-corrected chi connectivity index (χ3v) is 5.75. The topological polar surface area (TPSA) is 93.5 Å². The van der Waals surface area contributed by atoms with Crippen LogP contribution in [0, 0.1) is 0 Å². The largest absolute Gasteiger partial charge is 0.461 e. The van der Waals surface area contributed by atoms with E-state index in [-0.39, 0.29) is 42.9 Å². The maximum atomic E-state index is 13.5. The molecule has 0 fully saturated rings. The Morgan fingerprint density at radius 2 is 1.70 bits per heavy atom. The van der Waals surface area contributed by atoms with Gasteiger partial charge in [-0.25, -0.2) is 4.79 Å². The Kier molecular flexibility index (Phi) is 6.26. The molecule has 0 unspecified atom stereocenters. The molecule has 33 heavy (non-hydrogen) atoms. The molecule has 0 saturated carbocycles. The molecule has 1 N–H and O–H groups in total. The Labute approximate surface area is 192 Å². The Morgan fingerprint density at radius 1 is 1.06 bits per heavy atom. The number of carbonyl (C=O) groups is 3. The molecule has 0 spiro atoms. The van der Waals surface area contributed by atoms with Gasteiger partial charge < -0.3 is 15.0 Å². The van der Waals surface area contributed by atoms with Crippen LogP contribution in [0.15, 0.2) is 66.7 Å². The van der Waals surface area contributed by atoms with Gasteiger partial charge in [-0.15, -0.1) is 0 Å². The van der Waals surface area contributed by atoms with Crippen molar-refractivity contribution in [1.82, 2.24) is 20.0 Å². The lowest BCUT2D eigenvalue weighted by Gasteiger charge is -2.43. The summed E-state index contributed by atoms with van der Waals surface area (Å²) < 4.78 is 6.46. The van der Waals surface area contributed by atoms with Crippen molar-refractivity contribution in [3.63, 3.8) is 0 Å². The van der Waals surface area contributed by atoms with E-state index in [0.29, 0.717) is 6.54 Å². The van der Waals surface area contributed by atoms with Crippen LogP contribution < -0.4 is 5.32 Å². The van der Waals surface area contributed by atoms with Crippen molar-refractivity contribution in [2.45, 2.75) is 39.0 Å². The number of fused-ring (bicyclic) bond motifs is 1. The van der Waals surface area contributed by atoms with E-state index in [4.69, 9.17) is 4.74 Å². The first kappa shape index (κ1) is 22.3. The zero-order valence-corrected chi connectivity index (χ0v) is 18.7. The molecule has 0 bridgehead atoms. The molecule has 1 aliphatic rings. The number of hydrogen-bond acceptors (Lipinski definition) is 5. The fraction of sp³-hybridized carbons (Fsp3) is 0.280. The highest BCUT2D eigenvalue weighted by molar-refractivity contribution is 6.01. The number of rotatable bonds is 7. The number of amides is 2. The predicted molar refractivity (Wildman–Crippen MR) is 121 cm³/mol. The third-order valence-electron chi connectivity index (χ3n) is 5.75. The van der Waals surface area contributed by atoms with Crippen LogP contribution in [0.5, 0.6) is 0 Å². The fourth-order valence-corrected chi connectivity index (χ4v) is 3.93. The number of carbonyl (C=O) groups excluding carboxylic acids is 3. The molecule has 170 valence electrons. The number of nitrogens with zero attached hydrogens (tertiary/aromatic N) is 3. The average Bonchev–Trinajstić information content (AvgIpc) is 3.26. The minimum absolute atomic E-state index is 0.0498. The van der Waals surface area contributed by atoms with Gasteiger partial charge in [0, 0.05) is 19.2 Å². The van der Waals surface area contributed by atoms with Gasteiger partial charge in [-0.3, -0.25) is 14.3 Å². The minimum atomic E-state index is -1.22. The molecular weight excluding hydrogens is 420 g/mol. The third kappa shape index (κ3) is 4.50. The lowest BCUT2D eigenvalue weighted by Crippen LogP contribution is -2.63. The second kappa shape index (κ2) is 9.28. The molecule has 2 aromatic carbocycles. The van der Waals surface area contributed by atoms with Crippen molar-refractivity contribution in [2.75, 3.05) is 6.61 Å². The van der Waals surface area contributed by atoms with Crippen LogP contribution in [-0.4, -0.2) is 44.6 Å². The van der Waals surface area contributed by atoms with Gasteiger partial charge in [0.05, 0.1) is 13.2 Å². The van der Waals surface area contributed by atoms with Gasteiger partial charge in [0.1, 0.15) is 11.2 Å². The van der Waals surface area contributed by atoms with Crippen LogP contribution in [0.4, 0.5) is 0 Å². The highest BCUT2D eigenvalue weighted by Crippen LogP contribution is 2.29. The molecule has 1 atom stereocenters. The first-order valence-electron chi connectivity index (χ1n) is 10.9. The van der Waals surface area contributed by atoms with Crippen LogP contribution in [0.3, 0.4) is 0 Å². The summed E-state index contributed by atoms with van der Waals surface area (Å²) >= 11 is 0. The van der Waals surface area contributed by atoms with Crippen molar-refractivity contribution in [3.05, 3.63) is 89.2 Å².